The average molecular weight is 468 g/mol. The molecule has 1 amide bonds. The van der Waals surface area contributed by atoms with Gasteiger partial charge in [-0.3, -0.25) is 4.79 Å². The fraction of sp³-hybridized carbons (Fsp3) is 0.0833. The van der Waals surface area contributed by atoms with Crippen molar-refractivity contribution in [1.29, 1.82) is 0 Å². The van der Waals surface area contributed by atoms with Crippen molar-refractivity contribution in [1.82, 2.24) is 30.7 Å². The van der Waals surface area contributed by atoms with Crippen LogP contribution in [-0.4, -0.2) is 44.0 Å². The van der Waals surface area contributed by atoms with Crippen molar-refractivity contribution in [3.63, 3.8) is 0 Å². The number of hydrazone groups is 1. The number of fused-ring (bicyclic) bond motifs is 1. The largest absolute Gasteiger partial charge is 0.494 e. The van der Waals surface area contributed by atoms with Crippen LogP contribution in [-0.2, 0) is 0 Å². The van der Waals surface area contributed by atoms with Crippen molar-refractivity contribution >= 4 is 28.7 Å². The monoisotopic (exact) mass is 468 g/mol. The summed E-state index contributed by atoms with van der Waals surface area (Å²) in [6.45, 7) is 2.37. The number of amides is 1. The van der Waals surface area contributed by atoms with Crippen molar-refractivity contribution < 1.29 is 14.2 Å². The quantitative estimate of drug-likeness (QED) is 0.273. The maximum Gasteiger partial charge on any atom is 0.294 e. The first-order valence-corrected chi connectivity index (χ1v) is 10.7. The number of nitrogens with zero attached hydrogens (tertiary/aromatic N) is 6. The van der Waals surface area contributed by atoms with E-state index in [1.165, 1.54) is 4.68 Å². The Morgan fingerprint density at radius 3 is 2.77 bits per heavy atom. The highest BCUT2D eigenvalue weighted by atomic mass is 16.6. The van der Waals surface area contributed by atoms with Gasteiger partial charge in [-0.05, 0) is 51.8 Å². The zero-order valence-electron chi connectivity index (χ0n) is 18.6. The lowest BCUT2D eigenvalue weighted by Crippen LogP contribution is -2.19. The van der Waals surface area contributed by atoms with Crippen molar-refractivity contribution in [2.45, 2.75) is 6.92 Å². The van der Waals surface area contributed by atoms with E-state index in [0.717, 1.165) is 16.3 Å². The Morgan fingerprint density at radius 2 is 1.97 bits per heavy atom. The minimum Gasteiger partial charge on any atom is -0.494 e. The Hall–Kier alpha value is -5.06. The lowest BCUT2D eigenvalue weighted by atomic mass is 10.1. The summed E-state index contributed by atoms with van der Waals surface area (Å²) in [4.78, 5) is 13.1. The summed E-state index contributed by atoms with van der Waals surface area (Å²) in [5, 5.41) is 21.8. The maximum atomic E-state index is 13.1. The summed E-state index contributed by atoms with van der Waals surface area (Å²) in [6.07, 6.45) is 1.56. The smallest absolute Gasteiger partial charge is 0.294 e. The number of nitrogens with one attached hydrogen (secondary N) is 1. The Morgan fingerprint density at radius 1 is 1.11 bits per heavy atom. The molecule has 0 unspecified atom stereocenters. The third-order valence-corrected chi connectivity index (χ3v) is 5.15. The van der Waals surface area contributed by atoms with Crippen molar-refractivity contribution in [3.05, 3.63) is 78.0 Å². The minimum atomic E-state index is -0.569. The molecule has 0 bridgehead atoms. The van der Waals surface area contributed by atoms with Crippen LogP contribution < -0.4 is 15.9 Å². The Kier molecular flexibility index (Phi) is 5.87. The molecule has 0 aliphatic heterocycles. The van der Waals surface area contributed by atoms with E-state index in [1.54, 1.807) is 30.5 Å². The first-order chi connectivity index (χ1) is 17.1. The number of anilines is 1. The van der Waals surface area contributed by atoms with Crippen LogP contribution in [0.4, 0.5) is 5.82 Å². The number of ether oxygens (including phenoxy) is 1. The zero-order chi connectivity index (χ0) is 24.2. The number of benzene rings is 3. The number of aromatic nitrogens is 5. The summed E-state index contributed by atoms with van der Waals surface area (Å²) in [6, 6.07) is 21.0. The van der Waals surface area contributed by atoms with Crippen LogP contribution in [0.2, 0.25) is 0 Å². The predicted molar refractivity (Wildman–Crippen MR) is 129 cm³/mol. The third-order valence-electron chi connectivity index (χ3n) is 5.15. The molecule has 0 saturated carbocycles. The van der Waals surface area contributed by atoms with E-state index in [2.05, 4.69) is 31.2 Å². The van der Waals surface area contributed by atoms with E-state index in [9.17, 15) is 4.79 Å². The lowest BCUT2D eigenvalue weighted by molar-refractivity contribution is 0.0950. The van der Waals surface area contributed by atoms with Gasteiger partial charge >= 0.3 is 0 Å². The van der Waals surface area contributed by atoms with Gasteiger partial charge in [-0.2, -0.15) is 9.78 Å². The molecule has 0 spiro atoms. The van der Waals surface area contributed by atoms with Gasteiger partial charge in [-0.1, -0.05) is 53.7 Å². The molecule has 2 aromatic heterocycles. The van der Waals surface area contributed by atoms with Gasteiger partial charge < -0.3 is 10.5 Å². The third kappa shape index (κ3) is 4.42. The molecular weight excluding hydrogens is 448 g/mol. The predicted octanol–water partition coefficient (Wildman–Crippen LogP) is 3.22. The molecule has 3 N–H and O–H groups in total. The van der Waals surface area contributed by atoms with E-state index in [0.29, 0.717) is 23.6 Å². The van der Waals surface area contributed by atoms with E-state index < -0.39 is 5.91 Å². The minimum absolute atomic E-state index is 0.00149. The first kappa shape index (κ1) is 21.8. The Balaban J connectivity index is 1.47. The molecule has 5 aromatic rings. The summed E-state index contributed by atoms with van der Waals surface area (Å²) in [5.74, 6) is 0.149. The molecule has 35 heavy (non-hydrogen) atoms. The van der Waals surface area contributed by atoms with Gasteiger partial charge in [0.1, 0.15) is 11.4 Å². The number of hydrogen-bond donors (Lipinski definition) is 2. The van der Waals surface area contributed by atoms with Crippen LogP contribution in [0.5, 0.6) is 5.75 Å². The Bertz CT molecular complexity index is 1540. The second-order valence-electron chi connectivity index (χ2n) is 7.44. The number of nitrogens with two attached hydrogens (primary N) is 1. The number of rotatable bonds is 7. The highest BCUT2D eigenvalue weighted by Crippen LogP contribution is 2.29. The Labute approximate surface area is 199 Å². The second kappa shape index (κ2) is 9.43. The van der Waals surface area contributed by atoms with E-state index in [-0.39, 0.29) is 17.3 Å². The average Bonchev–Trinajstić information content (AvgIpc) is 3.50. The van der Waals surface area contributed by atoms with Gasteiger partial charge in [0.15, 0.2) is 5.69 Å². The van der Waals surface area contributed by atoms with Gasteiger partial charge in [-0.25, -0.2) is 10.1 Å². The molecule has 11 heteroatoms. The van der Waals surface area contributed by atoms with Crippen LogP contribution in [0, 0.1) is 0 Å². The number of hydrogen-bond acceptors (Lipinski definition) is 9. The standard InChI is InChI=1S/C24H20N8O3/c1-2-34-19-9-5-8-18(13-19)21-20(27-31-32(21)23-22(25)29-35-30-23)24(33)28-26-14-15-10-11-16-6-3-4-7-17(16)12-15/h3-14H,2H2,1H3,(H2,25,29)(H,28,33)/b26-14+. The highest BCUT2D eigenvalue weighted by molar-refractivity contribution is 5.99. The summed E-state index contributed by atoms with van der Waals surface area (Å²) >= 11 is 0. The number of nitrogen functional groups attached to an aromatic ring is 1. The zero-order valence-corrected chi connectivity index (χ0v) is 18.6. The van der Waals surface area contributed by atoms with Crippen LogP contribution in [0.3, 0.4) is 0 Å². The van der Waals surface area contributed by atoms with Crippen LogP contribution in [0.1, 0.15) is 23.0 Å². The van der Waals surface area contributed by atoms with Crippen molar-refractivity contribution in [2.75, 3.05) is 12.3 Å². The molecule has 11 nitrogen and oxygen atoms in total. The molecule has 0 saturated heterocycles. The topological polar surface area (TPSA) is 146 Å². The first-order valence-electron chi connectivity index (χ1n) is 10.7. The van der Waals surface area contributed by atoms with E-state index >= 15 is 0 Å². The normalized spacial score (nSPS) is 11.2. The van der Waals surface area contributed by atoms with Crippen molar-refractivity contribution in [3.8, 4) is 22.8 Å². The molecule has 0 fully saturated rings. The van der Waals surface area contributed by atoms with Crippen LogP contribution >= 0.6 is 0 Å². The summed E-state index contributed by atoms with van der Waals surface area (Å²) in [5.41, 5.74) is 10.1. The SMILES string of the molecule is CCOc1cccc(-c2c(C(=O)N/N=C/c3ccc4ccccc4c3)nnn2-c2nonc2N)c1. The maximum absolute atomic E-state index is 13.1. The van der Waals surface area contributed by atoms with Gasteiger partial charge in [0.2, 0.25) is 11.6 Å². The van der Waals surface area contributed by atoms with E-state index in [4.69, 9.17) is 15.1 Å². The van der Waals surface area contributed by atoms with Gasteiger partial charge in [0, 0.05) is 5.56 Å². The van der Waals surface area contributed by atoms with Crippen LogP contribution in [0.25, 0.3) is 27.8 Å². The molecule has 2 heterocycles. The molecule has 3 aromatic carbocycles. The highest BCUT2D eigenvalue weighted by Gasteiger charge is 2.25. The van der Waals surface area contributed by atoms with Crippen LogP contribution in [0.15, 0.2) is 76.5 Å². The van der Waals surface area contributed by atoms with Gasteiger partial charge in [0.25, 0.3) is 5.91 Å². The molecular formula is C24H20N8O3. The van der Waals surface area contributed by atoms with Gasteiger partial charge in [-0.15, -0.1) is 5.10 Å². The van der Waals surface area contributed by atoms with E-state index in [1.807, 2.05) is 49.4 Å². The van der Waals surface area contributed by atoms with Crippen molar-refractivity contribution in [2.24, 2.45) is 5.10 Å². The fourth-order valence-electron chi connectivity index (χ4n) is 3.59. The summed E-state index contributed by atoms with van der Waals surface area (Å²) < 4.78 is 11.6. The molecule has 0 atom stereocenters. The second-order valence-corrected chi connectivity index (χ2v) is 7.44. The molecule has 174 valence electrons. The number of carbonyl (C=O) groups excluding carboxylic acids is 1. The molecule has 0 aliphatic carbocycles. The van der Waals surface area contributed by atoms with Gasteiger partial charge in [0.05, 0.1) is 12.8 Å². The molecule has 5 rings (SSSR count). The fourth-order valence-corrected chi connectivity index (χ4v) is 3.59. The lowest BCUT2D eigenvalue weighted by Gasteiger charge is -2.08. The molecule has 0 aliphatic rings. The summed E-state index contributed by atoms with van der Waals surface area (Å²) in [7, 11) is 0. The molecule has 0 radical (unpaired) electrons. The number of carbonyl (C=O) groups is 1.